The first-order valence-corrected chi connectivity index (χ1v) is 10.7. The molecule has 1 heterocycles. The lowest BCUT2D eigenvalue weighted by atomic mass is 9.82. The molecule has 7 nitrogen and oxygen atoms in total. The molecule has 1 atom stereocenters. The number of fused-ring (bicyclic) bond motifs is 3. The first kappa shape index (κ1) is 23.6. The second-order valence-electron chi connectivity index (χ2n) is 8.88. The average molecular weight is 476 g/mol. The van der Waals surface area contributed by atoms with Crippen molar-refractivity contribution in [2.75, 3.05) is 19.7 Å². The van der Waals surface area contributed by atoms with Crippen LogP contribution in [0.2, 0.25) is 0 Å². The lowest BCUT2D eigenvalue weighted by Crippen LogP contribution is -2.61. The van der Waals surface area contributed by atoms with Crippen molar-refractivity contribution in [1.82, 2.24) is 10.2 Å². The van der Waals surface area contributed by atoms with Gasteiger partial charge in [-0.2, -0.15) is 13.2 Å². The summed E-state index contributed by atoms with van der Waals surface area (Å²) in [6, 6.07) is 12.6. The Balaban J connectivity index is 1.38. The molecule has 0 spiro atoms. The number of likely N-dealkylation sites (tertiary alicyclic amines) is 1. The Morgan fingerprint density at radius 1 is 1.09 bits per heavy atom. The van der Waals surface area contributed by atoms with Gasteiger partial charge in [0.25, 0.3) is 0 Å². The summed E-state index contributed by atoms with van der Waals surface area (Å²) in [5.41, 5.74) is 2.61. The van der Waals surface area contributed by atoms with E-state index in [9.17, 15) is 27.6 Å². The van der Waals surface area contributed by atoms with Crippen LogP contribution in [0.5, 0.6) is 0 Å². The first-order valence-electron chi connectivity index (χ1n) is 10.7. The van der Waals surface area contributed by atoms with E-state index in [2.05, 4.69) is 0 Å². The third kappa shape index (κ3) is 4.44. The summed E-state index contributed by atoms with van der Waals surface area (Å²) in [7, 11) is 0. The van der Waals surface area contributed by atoms with E-state index in [1.165, 1.54) is 6.92 Å². The predicted octanol–water partition coefficient (Wildman–Crippen LogP) is 3.78. The zero-order valence-electron chi connectivity index (χ0n) is 18.3. The van der Waals surface area contributed by atoms with Gasteiger partial charge in [0, 0.05) is 19.0 Å². The maximum atomic E-state index is 13.5. The maximum absolute atomic E-state index is 13.5. The number of hydrogen-bond donors (Lipinski definition) is 2. The number of rotatable bonds is 6. The Morgan fingerprint density at radius 3 is 2.12 bits per heavy atom. The van der Waals surface area contributed by atoms with Gasteiger partial charge in [-0.3, -0.25) is 9.59 Å². The number of nitrogens with one attached hydrogen (secondary N) is 1. The van der Waals surface area contributed by atoms with Gasteiger partial charge in [-0.25, -0.2) is 4.79 Å². The first-order chi connectivity index (χ1) is 16.0. The third-order valence-corrected chi connectivity index (χ3v) is 6.36. The lowest BCUT2D eigenvalue weighted by molar-refractivity contribution is -0.173. The highest BCUT2D eigenvalue weighted by atomic mass is 19.4. The molecule has 2 aromatic rings. The smallest absolute Gasteiger partial charge is 0.409 e. The van der Waals surface area contributed by atoms with Gasteiger partial charge >= 0.3 is 18.2 Å². The molecule has 2 aliphatic rings. The van der Waals surface area contributed by atoms with Crippen molar-refractivity contribution in [3.63, 3.8) is 0 Å². The number of aliphatic carboxylic acids is 1. The molecule has 10 heteroatoms. The number of carbonyl (C=O) groups excluding carboxylic acids is 2. The molecule has 2 N–H and O–H groups in total. The Morgan fingerprint density at radius 2 is 1.62 bits per heavy atom. The second-order valence-corrected chi connectivity index (χ2v) is 8.88. The molecule has 1 saturated heterocycles. The lowest BCUT2D eigenvalue weighted by Gasteiger charge is -2.45. The van der Waals surface area contributed by atoms with E-state index in [1.54, 1.807) is 5.32 Å². The molecule has 34 heavy (non-hydrogen) atoms. The van der Waals surface area contributed by atoms with E-state index >= 15 is 0 Å². The van der Waals surface area contributed by atoms with E-state index in [0.29, 0.717) is 0 Å². The van der Waals surface area contributed by atoms with Crippen molar-refractivity contribution >= 4 is 18.0 Å². The molecule has 1 fully saturated rings. The quantitative estimate of drug-likeness (QED) is 0.662. The summed E-state index contributed by atoms with van der Waals surface area (Å²) in [5.74, 6) is -2.33. The number of nitrogens with zero attached hydrogens (tertiary/aromatic N) is 1. The standard InChI is InChI=1S/C24H23F3N2O5/c1-23(21(31)32)12-29(13-23)20(30)10-19(24(25,26)27)28-22(33)34-11-18-16-8-4-2-6-14(16)15-7-3-5-9-17(15)18/h2-9,18-19H,10-13H2,1H3,(H,28,33)(H,31,32). The molecule has 2 amide bonds. The number of carboxylic acid groups (broad SMARTS) is 1. The zero-order chi connectivity index (χ0) is 24.7. The van der Waals surface area contributed by atoms with Gasteiger partial charge in [-0.05, 0) is 29.2 Å². The number of alkyl carbamates (subject to hydrolysis) is 1. The van der Waals surface area contributed by atoms with Crippen LogP contribution < -0.4 is 5.32 Å². The van der Waals surface area contributed by atoms with Gasteiger partial charge in [-0.1, -0.05) is 48.5 Å². The largest absolute Gasteiger partial charge is 0.481 e. The van der Waals surface area contributed by atoms with E-state index < -0.39 is 42.0 Å². The molecule has 1 unspecified atom stereocenters. The number of hydrogen-bond acceptors (Lipinski definition) is 4. The topological polar surface area (TPSA) is 95.9 Å². The van der Waals surface area contributed by atoms with Crippen LogP contribution in [-0.2, 0) is 14.3 Å². The van der Waals surface area contributed by atoms with Gasteiger partial charge < -0.3 is 20.1 Å². The number of carbonyl (C=O) groups is 3. The highest BCUT2D eigenvalue weighted by Gasteiger charge is 2.49. The van der Waals surface area contributed by atoms with Crippen molar-refractivity contribution in [1.29, 1.82) is 0 Å². The van der Waals surface area contributed by atoms with Crippen molar-refractivity contribution in [2.24, 2.45) is 5.41 Å². The number of benzene rings is 2. The maximum Gasteiger partial charge on any atom is 0.409 e. The summed E-state index contributed by atoms with van der Waals surface area (Å²) in [5, 5.41) is 10.9. The van der Waals surface area contributed by atoms with E-state index in [0.717, 1.165) is 27.2 Å². The normalized spacial score (nSPS) is 17.2. The zero-order valence-corrected chi connectivity index (χ0v) is 18.3. The Bertz CT molecular complexity index is 1080. The summed E-state index contributed by atoms with van der Waals surface area (Å²) >= 11 is 0. The monoisotopic (exact) mass is 476 g/mol. The van der Waals surface area contributed by atoms with Crippen molar-refractivity contribution in [3.05, 3.63) is 59.7 Å². The van der Waals surface area contributed by atoms with E-state index in [1.807, 2.05) is 48.5 Å². The van der Waals surface area contributed by atoms with Crippen LogP contribution in [0.3, 0.4) is 0 Å². The molecular weight excluding hydrogens is 453 g/mol. The number of carboxylic acids is 1. The summed E-state index contributed by atoms with van der Waals surface area (Å²) in [6.45, 7) is 0.879. The Hall–Kier alpha value is -3.56. The van der Waals surface area contributed by atoms with Crippen LogP contribution in [0.4, 0.5) is 18.0 Å². The van der Waals surface area contributed by atoms with Crippen LogP contribution >= 0.6 is 0 Å². The Labute approximate surface area is 193 Å². The van der Waals surface area contributed by atoms with Crippen molar-refractivity contribution in [3.8, 4) is 11.1 Å². The van der Waals surface area contributed by atoms with Crippen LogP contribution in [0.15, 0.2) is 48.5 Å². The number of halogens is 3. The SMILES string of the molecule is CC1(C(=O)O)CN(C(=O)CC(NC(=O)OCC2c3ccccc3-c3ccccc32)C(F)(F)F)C1. The molecule has 0 radical (unpaired) electrons. The van der Waals surface area contributed by atoms with E-state index in [-0.39, 0.29) is 25.6 Å². The van der Waals surface area contributed by atoms with Crippen LogP contribution in [-0.4, -0.2) is 59.9 Å². The minimum atomic E-state index is -4.89. The molecule has 0 bridgehead atoms. The minimum Gasteiger partial charge on any atom is -0.481 e. The van der Waals surface area contributed by atoms with Crippen LogP contribution in [0, 0.1) is 5.41 Å². The number of ether oxygens (including phenoxy) is 1. The van der Waals surface area contributed by atoms with Crippen molar-refractivity contribution < 1.29 is 37.4 Å². The summed E-state index contributed by atoms with van der Waals surface area (Å²) < 4.78 is 45.7. The fourth-order valence-corrected chi connectivity index (χ4v) is 4.44. The van der Waals surface area contributed by atoms with Gasteiger partial charge in [0.05, 0.1) is 11.8 Å². The molecular formula is C24H23F3N2O5. The Kier molecular flexibility index (Phi) is 6.01. The van der Waals surface area contributed by atoms with Crippen LogP contribution in [0.1, 0.15) is 30.4 Å². The summed E-state index contributed by atoms with van der Waals surface area (Å²) in [4.78, 5) is 36.7. The van der Waals surface area contributed by atoms with Gasteiger partial charge in [0.1, 0.15) is 12.6 Å². The van der Waals surface area contributed by atoms with Gasteiger partial charge in [-0.15, -0.1) is 0 Å². The number of alkyl halides is 3. The molecule has 180 valence electrons. The van der Waals surface area contributed by atoms with Gasteiger partial charge in [0.15, 0.2) is 0 Å². The van der Waals surface area contributed by atoms with Crippen LogP contribution in [0.25, 0.3) is 11.1 Å². The average Bonchev–Trinajstić information content (AvgIpc) is 3.08. The molecule has 0 saturated carbocycles. The van der Waals surface area contributed by atoms with Crippen molar-refractivity contribution in [2.45, 2.75) is 31.5 Å². The minimum absolute atomic E-state index is 0.165. The molecule has 1 aliphatic carbocycles. The third-order valence-electron chi connectivity index (χ3n) is 6.36. The molecule has 0 aromatic heterocycles. The fourth-order valence-electron chi connectivity index (χ4n) is 4.44. The number of amides is 2. The highest BCUT2D eigenvalue weighted by molar-refractivity contribution is 5.84. The van der Waals surface area contributed by atoms with E-state index in [4.69, 9.17) is 9.84 Å². The molecule has 1 aliphatic heterocycles. The molecule has 2 aromatic carbocycles. The highest BCUT2D eigenvalue weighted by Crippen LogP contribution is 2.44. The fraction of sp³-hybridized carbons (Fsp3) is 0.375. The summed E-state index contributed by atoms with van der Waals surface area (Å²) in [6.07, 6.45) is -7.21. The molecule has 4 rings (SSSR count). The van der Waals surface area contributed by atoms with Gasteiger partial charge in [0.2, 0.25) is 5.91 Å². The predicted molar refractivity (Wildman–Crippen MR) is 115 cm³/mol. The second kappa shape index (κ2) is 8.66.